The Balaban J connectivity index is 2.43. The van der Waals surface area contributed by atoms with E-state index in [1.54, 1.807) is 0 Å². The topological polar surface area (TPSA) is 24.4 Å². The van der Waals surface area contributed by atoms with Crippen molar-refractivity contribution in [2.75, 3.05) is 0 Å². The standard InChI is InChI=1S/C6H10N2/c1-2-6-4-3-5-7-8-6/h4-5,8H,2-3H2,1H3. The van der Waals surface area contributed by atoms with Crippen LogP contribution in [0, 0.1) is 0 Å². The van der Waals surface area contributed by atoms with Crippen molar-refractivity contribution in [2.45, 2.75) is 19.8 Å². The van der Waals surface area contributed by atoms with Gasteiger partial charge in [-0.25, -0.2) is 0 Å². The normalized spacial score (nSPS) is 17.4. The molecule has 0 aliphatic carbocycles. The molecule has 0 atom stereocenters. The number of nitrogens with zero attached hydrogens (tertiary/aromatic N) is 1. The lowest BCUT2D eigenvalue weighted by molar-refractivity contribution is 0.811. The van der Waals surface area contributed by atoms with Crippen molar-refractivity contribution in [3.8, 4) is 0 Å². The molecule has 1 heterocycles. The summed E-state index contributed by atoms with van der Waals surface area (Å²) in [6.07, 6.45) is 6.04. The predicted octanol–water partition coefficient (Wildman–Crippen LogP) is 1.26. The Labute approximate surface area is 49.3 Å². The number of rotatable bonds is 1. The molecule has 1 N–H and O–H groups in total. The highest BCUT2D eigenvalue weighted by Crippen LogP contribution is 1.99. The molecule has 0 spiro atoms. The quantitative estimate of drug-likeness (QED) is 0.540. The van der Waals surface area contributed by atoms with Crippen LogP contribution < -0.4 is 5.43 Å². The molecule has 0 saturated carbocycles. The maximum absolute atomic E-state index is 3.89. The molecular formula is C6H10N2. The van der Waals surface area contributed by atoms with Crippen LogP contribution in [0.5, 0.6) is 0 Å². The summed E-state index contributed by atoms with van der Waals surface area (Å²) in [7, 11) is 0. The highest BCUT2D eigenvalue weighted by atomic mass is 15.3. The van der Waals surface area contributed by atoms with Gasteiger partial charge in [0, 0.05) is 18.3 Å². The molecule has 0 fully saturated rings. The molecule has 2 nitrogen and oxygen atoms in total. The number of hydrazone groups is 1. The lowest BCUT2D eigenvalue weighted by Crippen LogP contribution is -2.07. The maximum Gasteiger partial charge on any atom is 0.0297 e. The average Bonchev–Trinajstić information content (AvgIpc) is 1.90. The minimum Gasteiger partial charge on any atom is -0.283 e. The van der Waals surface area contributed by atoms with Crippen LogP contribution in [0.15, 0.2) is 16.9 Å². The van der Waals surface area contributed by atoms with Gasteiger partial charge in [0.2, 0.25) is 0 Å². The van der Waals surface area contributed by atoms with E-state index >= 15 is 0 Å². The Morgan fingerprint density at radius 1 is 1.88 bits per heavy atom. The van der Waals surface area contributed by atoms with Crippen molar-refractivity contribution >= 4 is 6.21 Å². The van der Waals surface area contributed by atoms with Crippen molar-refractivity contribution in [3.05, 3.63) is 11.8 Å². The number of hydrogen-bond acceptors (Lipinski definition) is 2. The van der Waals surface area contributed by atoms with E-state index < -0.39 is 0 Å². The van der Waals surface area contributed by atoms with Gasteiger partial charge >= 0.3 is 0 Å². The van der Waals surface area contributed by atoms with E-state index in [-0.39, 0.29) is 0 Å². The Morgan fingerprint density at radius 3 is 3.12 bits per heavy atom. The van der Waals surface area contributed by atoms with Crippen LogP contribution in [0.1, 0.15) is 19.8 Å². The molecule has 2 heteroatoms. The fourth-order valence-corrected chi connectivity index (χ4v) is 0.645. The fourth-order valence-electron chi connectivity index (χ4n) is 0.645. The Kier molecular flexibility index (Phi) is 1.67. The second-order valence-corrected chi connectivity index (χ2v) is 1.74. The highest BCUT2D eigenvalue weighted by molar-refractivity contribution is 5.60. The first-order valence-electron chi connectivity index (χ1n) is 2.90. The second kappa shape index (κ2) is 2.50. The van der Waals surface area contributed by atoms with Crippen LogP contribution in [0.4, 0.5) is 0 Å². The third-order valence-corrected chi connectivity index (χ3v) is 1.15. The van der Waals surface area contributed by atoms with E-state index in [2.05, 4.69) is 23.5 Å². The molecule has 0 saturated heterocycles. The van der Waals surface area contributed by atoms with Gasteiger partial charge in [-0.05, 0) is 6.42 Å². The summed E-state index contributed by atoms with van der Waals surface area (Å²) in [5.41, 5.74) is 4.13. The minimum absolute atomic E-state index is 0.982. The minimum atomic E-state index is 0.982. The van der Waals surface area contributed by atoms with E-state index in [0.29, 0.717) is 0 Å². The molecule has 8 heavy (non-hydrogen) atoms. The molecule has 1 aliphatic heterocycles. The molecule has 1 aliphatic rings. The first kappa shape index (κ1) is 5.35. The second-order valence-electron chi connectivity index (χ2n) is 1.74. The van der Waals surface area contributed by atoms with E-state index in [0.717, 1.165) is 12.8 Å². The van der Waals surface area contributed by atoms with Gasteiger partial charge < -0.3 is 0 Å². The Morgan fingerprint density at radius 2 is 2.75 bits per heavy atom. The third-order valence-electron chi connectivity index (χ3n) is 1.15. The molecule has 0 aromatic heterocycles. The highest BCUT2D eigenvalue weighted by Gasteiger charge is 1.91. The number of allylic oxidation sites excluding steroid dienone is 2. The summed E-state index contributed by atoms with van der Waals surface area (Å²) in [6, 6.07) is 0. The van der Waals surface area contributed by atoms with E-state index in [4.69, 9.17) is 0 Å². The van der Waals surface area contributed by atoms with Gasteiger partial charge in [0.15, 0.2) is 0 Å². The Bertz CT molecular complexity index is 124. The molecule has 44 valence electrons. The first-order valence-corrected chi connectivity index (χ1v) is 2.90. The number of hydrogen-bond donors (Lipinski definition) is 1. The SMILES string of the molecule is CCC1=CCC=NN1. The van der Waals surface area contributed by atoms with Gasteiger partial charge in [-0.2, -0.15) is 5.10 Å². The number of nitrogens with one attached hydrogen (secondary N) is 1. The summed E-state index contributed by atoms with van der Waals surface area (Å²) >= 11 is 0. The van der Waals surface area contributed by atoms with Crippen molar-refractivity contribution < 1.29 is 0 Å². The lowest BCUT2D eigenvalue weighted by atomic mass is 10.3. The zero-order chi connectivity index (χ0) is 5.82. The van der Waals surface area contributed by atoms with Gasteiger partial charge in [-0.15, -0.1) is 0 Å². The zero-order valence-electron chi connectivity index (χ0n) is 5.02. The lowest BCUT2D eigenvalue weighted by Gasteiger charge is -2.05. The third kappa shape index (κ3) is 1.09. The largest absolute Gasteiger partial charge is 0.283 e. The monoisotopic (exact) mass is 110 g/mol. The van der Waals surface area contributed by atoms with Crippen molar-refractivity contribution in [1.29, 1.82) is 0 Å². The summed E-state index contributed by atoms with van der Waals surface area (Å²) in [6.45, 7) is 2.11. The summed E-state index contributed by atoms with van der Waals surface area (Å²) in [5, 5.41) is 3.89. The van der Waals surface area contributed by atoms with Crippen LogP contribution in [-0.4, -0.2) is 6.21 Å². The summed E-state index contributed by atoms with van der Waals surface area (Å²) in [4.78, 5) is 0. The molecular weight excluding hydrogens is 100 g/mol. The molecule has 0 amide bonds. The Hall–Kier alpha value is -0.790. The molecule has 0 bridgehead atoms. The fraction of sp³-hybridized carbons (Fsp3) is 0.500. The van der Waals surface area contributed by atoms with Gasteiger partial charge in [-0.1, -0.05) is 13.0 Å². The van der Waals surface area contributed by atoms with E-state index in [1.165, 1.54) is 5.70 Å². The van der Waals surface area contributed by atoms with Crippen LogP contribution >= 0.6 is 0 Å². The van der Waals surface area contributed by atoms with Crippen molar-refractivity contribution in [1.82, 2.24) is 5.43 Å². The zero-order valence-corrected chi connectivity index (χ0v) is 5.02. The van der Waals surface area contributed by atoms with Crippen molar-refractivity contribution in [2.24, 2.45) is 5.10 Å². The van der Waals surface area contributed by atoms with Gasteiger partial charge in [-0.3, -0.25) is 5.43 Å². The molecule has 0 radical (unpaired) electrons. The summed E-state index contributed by atoms with van der Waals surface area (Å²) < 4.78 is 0. The van der Waals surface area contributed by atoms with Crippen molar-refractivity contribution in [3.63, 3.8) is 0 Å². The molecule has 0 aromatic rings. The van der Waals surface area contributed by atoms with Crippen LogP contribution in [-0.2, 0) is 0 Å². The van der Waals surface area contributed by atoms with Gasteiger partial charge in [0.25, 0.3) is 0 Å². The smallest absolute Gasteiger partial charge is 0.0297 e. The van der Waals surface area contributed by atoms with Gasteiger partial charge in [0.05, 0.1) is 0 Å². The van der Waals surface area contributed by atoms with Gasteiger partial charge in [0.1, 0.15) is 0 Å². The first-order chi connectivity index (χ1) is 3.93. The average molecular weight is 110 g/mol. The van der Waals surface area contributed by atoms with E-state index in [1.807, 2.05) is 6.21 Å². The maximum atomic E-state index is 3.89. The molecule has 1 rings (SSSR count). The summed E-state index contributed by atoms with van der Waals surface area (Å²) in [5.74, 6) is 0. The van der Waals surface area contributed by atoms with Crippen LogP contribution in [0.3, 0.4) is 0 Å². The van der Waals surface area contributed by atoms with Crippen LogP contribution in [0.2, 0.25) is 0 Å². The van der Waals surface area contributed by atoms with Crippen LogP contribution in [0.25, 0.3) is 0 Å². The predicted molar refractivity (Wildman–Crippen MR) is 34.6 cm³/mol. The molecule has 0 aromatic carbocycles. The van der Waals surface area contributed by atoms with E-state index in [9.17, 15) is 0 Å². The molecule has 0 unspecified atom stereocenters.